The van der Waals surface area contributed by atoms with Gasteiger partial charge in [-0.2, -0.15) is 0 Å². The Labute approximate surface area is 151 Å². The summed E-state index contributed by atoms with van der Waals surface area (Å²) in [7, 11) is 0. The van der Waals surface area contributed by atoms with Crippen molar-refractivity contribution in [1.82, 2.24) is 20.4 Å². The van der Waals surface area contributed by atoms with Crippen LogP contribution in [0.1, 0.15) is 55.0 Å². The second-order valence-electron chi connectivity index (χ2n) is 6.40. The number of amides is 1. The van der Waals surface area contributed by atoms with Crippen molar-refractivity contribution in [2.45, 2.75) is 44.4 Å². The van der Waals surface area contributed by atoms with E-state index in [1.165, 1.54) is 23.1 Å². The summed E-state index contributed by atoms with van der Waals surface area (Å²) in [4.78, 5) is 20.7. The quantitative estimate of drug-likeness (QED) is 0.793. The zero-order valence-electron chi connectivity index (χ0n) is 14.4. The molecular weight excluding hydrogens is 336 g/mol. The molecular formula is C18H24N4O2S. The van der Waals surface area contributed by atoms with E-state index in [4.69, 9.17) is 0 Å². The van der Waals surface area contributed by atoms with Gasteiger partial charge >= 0.3 is 0 Å². The van der Waals surface area contributed by atoms with Crippen LogP contribution in [0, 0.1) is 0 Å². The molecule has 1 fully saturated rings. The topological polar surface area (TPSA) is 78.4 Å². The van der Waals surface area contributed by atoms with Gasteiger partial charge in [0.2, 0.25) is 5.91 Å². The standard InChI is InChI=1S/C18H24N4O2S/c1-2-3-15(13-4-7-19-8-5-13)11-21-22-9-6-14(10-16(22)23)18-20-12-17(24)25-18/h4-5,7-8,12,14-15,21,24H,2-3,6,9-11H2,1H3. The Morgan fingerprint density at radius 1 is 1.44 bits per heavy atom. The number of aromatic hydroxyl groups is 1. The molecule has 7 heteroatoms. The highest BCUT2D eigenvalue weighted by atomic mass is 32.1. The summed E-state index contributed by atoms with van der Waals surface area (Å²) in [5.41, 5.74) is 4.58. The predicted octanol–water partition coefficient (Wildman–Crippen LogP) is 3.04. The molecule has 2 N–H and O–H groups in total. The Balaban J connectivity index is 1.55. The van der Waals surface area contributed by atoms with Crippen LogP contribution in [0.2, 0.25) is 0 Å². The summed E-state index contributed by atoms with van der Waals surface area (Å²) in [5.74, 6) is 0.577. The fourth-order valence-corrected chi connectivity index (χ4v) is 4.06. The molecule has 134 valence electrons. The van der Waals surface area contributed by atoms with Crippen molar-refractivity contribution in [2.75, 3.05) is 13.1 Å². The van der Waals surface area contributed by atoms with Crippen LogP contribution in [-0.4, -0.2) is 39.1 Å². The fraction of sp³-hybridized carbons (Fsp3) is 0.500. The van der Waals surface area contributed by atoms with Crippen molar-refractivity contribution in [2.24, 2.45) is 0 Å². The van der Waals surface area contributed by atoms with Crippen molar-refractivity contribution in [3.05, 3.63) is 41.3 Å². The number of thiazole rings is 1. The Morgan fingerprint density at radius 3 is 2.88 bits per heavy atom. The Bertz CT molecular complexity index is 691. The molecule has 0 radical (unpaired) electrons. The van der Waals surface area contributed by atoms with Gasteiger partial charge in [0.25, 0.3) is 0 Å². The highest BCUT2D eigenvalue weighted by Gasteiger charge is 2.29. The minimum atomic E-state index is 0.0934. The van der Waals surface area contributed by atoms with Crippen molar-refractivity contribution in [1.29, 1.82) is 0 Å². The number of carbonyl (C=O) groups is 1. The molecule has 2 aromatic rings. The van der Waals surface area contributed by atoms with Gasteiger partial charge in [0.15, 0.2) is 5.06 Å². The van der Waals surface area contributed by atoms with E-state index in [0.717, 1.165) is 30.8 Å². The smallest absolute Gasteiger partial charge is 0.237 e. The number of piperidine rings is 1. The minimum Gasteiger partial charge on any atom is -0.498 e. The molecule has 1 amide bonds. The second kappa shape index (κ2) is 8.40. The lowest BCUT2D eigenvalue weighted by molar-refractivity contribution is -0.137. The molecule has 0 spiro atoms. The van der Waals surface area contributed by atoms with E-state index in [-0.39, 0.29) is 16.9 Å². The molecule has 2 atom stereocenters. The van der Waals surface area contributed by atoms with Crippen molar-refractivity contribution in [3.63, 3.8) is 0 Å². The molecule has 2 unspecified atom stereocenters. The largest absolute Gasteiger partial charge is 0.498 e. The maximum absolute atomic E-state index is 12.5. The maximum Gasteiger partial charge on any atom is 0.237 e. The number of nitrogens with zero attached hydrogens (tertiary/aromatic N) is 3. The average molecular weight is 360 g/mol. The van der Waals surface area contributed by atoms with E-state index in [1.807, 2.05) is 24.5 Å². The highest BCUT2D eigenvalue weighted by molar-refractivity contribution is 7.13. The van der Waals surface area contributed by atoms with E-state index >= 15 is 0 Å². The molecule has 25 heavy (non-hydrogen) atoms. The fourth-order valence-electron chi connectivity index (χ4n) is 3.27. The summed E-state index contributed by atoms with van der Waals surface area (Å²) >= 11 is 1.27. The monoisotopic (exact) mass is 360 g/mol. The number of pyridine rings is 1. The summed E-state index contributed by atoms with van der Waals surface area (Å²) in [6, 6.07) is 4.09. The summed E-state index contributed by atoms with van der Waals surface area (Å²) < 4.78 is 0. The number of hydrogen-bond acceptors (Lipinski definition) is 6. The van der Waals surface area contributed by atoms with Crippen LogP contribution in [0.5, 0.6) is 5.06 Å². The normalized spacial score (nSPS) is 19.2. The average Bonchev–Trinajstić information content (AvgIpc) is 3.06. The van der Waals surface area contributed by atoms with Crippen LogP contribution in [0.3, 0.4) is 0 Å². The van der Waals surface area contributed by atoms with Crippen molar-refractivity contribution >= 4 is 17.2 Å². The van der Waals surface area contributed by atoms with E-state index in [9.17, 15) is 9.90 Å². The first-order valence-corrected chi connectivity index (χ1v) is 9.57. The number of aromatic nitrogens is 2. The Kier molecular flexibility index (Phi) is 5.99. The minimum absolute atomic E-state index is 0.0934. The SMILES string of the molecule is CCCC(CNN1CCC(c2ncc(O)s2)CC1=O)c1ccncc1. The van der Waals surface area contributed by atoms with E-state index in [0.29, 0.717) is 18.9 Å². The van der Waals surface area contributed by atoms with Gasteiger partial charge in [0.1, 0.15) is 0 Å². The van der Waals surface area contributed by atoms with Crippen molar-refractivity contribution in [3.8, 4) is 5.06 Å². The molecule has 2 aromatic heterocycles. The molecule has 3 rings (SSSR count). The molecule has 1 saturated heterocycles. The van der Waals surface area contributed by atoms with Crippen molar-refractivity contribution < 1.29 is 9.90 Å². The molecule has 0 bridgehead atoms. The van der Waals surface area contributed by atoms with Crippen LogP contribution in [0.15, 0.2) is 30.7 Å². The first-order chi connectivity index (χ1) is 12.2. The summed E-state index contributed by atoms with van der Waals surface area (Å²) in [6.45, 7) is 3.58. The third kappa shape index (κ3) is 4.55. The van der Waals surface area contributed by atoms with Gasteiger partial charge in [0, 0.05) is 37.8 Å². The third-order valence-corrected chi connectivity index (χ3v) is 5.59. The zero-order valence-corrected chi connectivity index (χ0v) is 15.2. The first-order valence-electron chi connectivity index (χ1n) is 8.75. The number of hydrazine groups is 1. The van der Waals surface area contributed by atoms with Crippen LogP contribution in [0.4, 0.5) is 0 Å². The van der Waals surface area contributed by atoms with Crippen LogP contribution in [-0.2, 0) is 4.79 Å². The molecule has 1 aliphatic heterocycles. The maximum atomic E-state index is 12.5. The van der Waals surface area contributed by atoms with Gasteiger partial charge in [-0.1, -0.05) is 24.7 Å². The van der Waals surface area contributed by atoms with E-state index in [2.05, 4.69) is 22.3 Å². The van der Waals surface area contributed by atoms with Gasteiger partial charge in [-0.15, -0.1) is 0 Å². The molecule has 6 nitrogen and oxygen atoms in total. The number of nitrogens with one attached hydrogen (secondary N) is 1. The lowest BCUT2D eigenvalue weighted by atomic mass is 9.95. The first kappa shape index (κ1) is 17.8. The molecule has 0 aliphatic carbocycles. The molecule has 1 aliphatic rings. The molecule has 3 heterocycles. The van der Waals surface area contributed by atoms with E-state index < -0.39 is 0 Å². The third-order valence-electron chi connectivity index (χ3n) is 4.63. The van der Waals surface area contributed by atoms with Gasteiger partial charge in [0.05, 0.1) is 11.2 Å². The Hall–Kier alpha value is -1.99. The highest BCUT2D eigenvalue weighted by Crippen LogP contribution is 2.33. The van der Waals surface area contributed by atoms with Gasteiger partial charge in [-0.25, -0.2) is 10.4 Å². The van der Waals surface area contributed by atoms with Gasteiger partial charge < -0.3 is 5.11 Å². The van der Waals surface area contributed by atoms with Crippen LogP contribution < -0.4 is 5.43 Å². The van der Waals surface area contributed by atoms with Gasteiger partial charge in [-0.05, 0) is 36.5 Å². The van der Waals surface area contributed by atoms with Crippen LogP contribution >= 0.6 is 11.3 Å². The predicted molar refractivity (Wildman–Crippen MR) is 97.4 cm³/mol. The molecule has 0 saturated carbocycles. The number of carbonyl (C=O) groups excluding carboxylic acids is 1. The number of rotatable bonds is 7. The Morgan fingerprint density at radius 2 is 2.24 bits per heavy atom. The van der Waals surface area contributed by atoms with Gasteiger partial charge in [-0.3, -0.25) is 14.8 Å². The lowest BCUT2D eigenvalue weighted by Crippen LogP contribution is -2.48. The number of hydrogen-bond donors (Lipinski definition) is 2. The summed E-state index contributed by atoms with van der Waals surface area (Å²) in [5, 5.41) is 12.3. The lowest BCUT2D eigenvalue weighted by Gasteiger charge is -2.32. The van der Waals surface area contributed by atoms with Crippen LogP contribution in [0.25, 0.3) is 0 Å². The summed E-state index contributed by atoms with van der Waals surface area (Å²) in [6.07, 6.45) is 8.56. The zero-order chi connectivity index (χ0) is 17.6. The molecule has 0 aromatic carbocycles. The van der Waals surface area contributed by atoms with E-state index in [1.54, 1.807) is 5.01 Å². The second-order valence-corrected chi connectivity index (χ2v) is 7.44.